The molecule has 11 rings (SSSR count). The molecule has 2 aliphatic heterocycles. The number of dihydropyridines is 1. The zero-order valence-corrected chi connectivity index (χ0v) is 40.4. The molecule has 2 heterocycles. The first-order valence-electron chi connectivity index (χ1n) is 26.3. The van der Waals surface area contributed by atoms with Gasteiger partial charge in [0.25, 0.3) is 0 Å². The molecular formula is C54H81N3O10. The number of rotatable bonds is 11. The Morgan fingerprint density at radius 2 is 1.78 bits per heavy atom. The molecule has 9 aliphatic carbocycles. The number of carbonyl (C=O) groups is 1. The van der Waals surface area contributed by atoms with Crippen LogP contribution in [0.25, 0.3) is 0 Å². The van der Waals surface area contributed by atoms with Crippen molar-refractivity contribution in [2.45, 2.75) is 196 Å². The van der Waals surface area contributed by atoms with Crippen LogP contribution in [-0.2, 0) is 9.53 Å². The summed E-state index contributed by atoms with van der Waals surface area (Å²) >= 11 is 0. The van der Waals surface area contributed by atoms with Gasteiger partial charge in [0.2, 0.25) is 0 Å². The van der Waals surface area contributed by atoms with E-state index < -0.39 is 87.0 Å². The van der Waals surface area contributed by atoms with Gasteiger partial charge in [-0.1, -0.05) is 63.5 Å². The van der Waals surface area contributed by atoms with Crippen LogP contribution in [0, 0.1) is 57.2 Å². The minimum atomic E-state index is -1.82. The summed E-state index contributed by atoms with van der Waals surface area (Å²) in [5.41, 5.74) is -0.204. The zero-order valence-electron chi connectivity index (χ0n) is 40.4. The fraction of sp³-hybridized carbons (Fsp3) is 0.796. The van der Waals surface area contributed by atoms with Gasteiger partial charge in [0.15, 0.2) is 5.78 Å². The number of aliphatic hydroxyl groups is 8. The lowest BCUT2D eigenvalue weighted by Crippen LogP contribution is -2.73. The zero-order chi connectivity index (χ0) is 47.7. The molecule has 2 spiro atoms. The average Bonchev–Trinajstić information content (AvgIpc) is 3.52. The summed E-state index contributed by atoms with van der Waals surface area (Å²) in [6.07, 6.45) is 17.6. The lowest BCUT2D eigenvalue weighted by molar-refractivity contribution is -0.258. The van der Waals surface area contributed by atoms with Crippen LogP contribution in [0.4, 0.5) is 0 Å². The highest BCUT2D eigenvalue weighted by molar-refractivity contribution is 6.01. The Morgan fingerprint density at radius 1 is 1.00 bits per heavy atom. The van der Waals surface area contributed by atoms with E-state index in [-0.39, 0.29) is 74.2 Å². The molecule has 2 bridgehead atoms. The second kappa shape index (κ2) is 16.8. The van der Waals surface area contributed by atoms with Gasteiger partial charge in [0.1, 0.15) is 5.60 Å². The molecule has 20 atom stereocenters. The van der Waals surface area contributed by atoms with Crippen LogP contribution in [0.1, 0.15) is 137 Å². The predicted molar refractivity (Wildman–Crippen MR) is 252 cm³/mol. The molecule has 0 aromatic heterocycles. The third kappa shape index (κ3) is 6.71. The van der Waals surface area contributed by atoms with Crippen LogP contribution in [0.5, 0.6) is 0 Å². The number of ketones is 1. The number of Topliss-reactive ketones (excluding diaryl/α,β-unsaturated/α-hetero) is 1. The van der Waals surface area contributed by atoms with Gasteiger partial charge in [-0.05, 0) is 150 Å². The van der Waals surface area contributed by atoms with Crippen LogP contribution in [0.3, 0.4) is 0 Å². The summed E-state index contributed by atoms with van der Waals surface area (Å²) in [4.78, 5) is 15.7. The van der Waals surface area contributed by atoms with E-state index in [1.807, 2.05) is 19.1 Å². The van der Waals surface area contributed by atoms with Crippen LogP contribution in [0.2, 0.25) is 0 Å². The highest BCUT2D eigenvalue weighted by atomic mass is 16.5. The number of hydrogen-bond donors (Lipinski definition) is 11. The van der Waals surface area contributed by atoms with Gasteiger partial charge in [-0.15, -0.1) is 0 Å². The van der Waals surface area contributed by atoms with Crippen molar-refractivity contribution in [3.8, 4) is 0 Å². The number of carbonyl (C=O) groups excluding carboxylic acids is 1. The number of hydrogen-bond acceptors (Lipinski definition) is 13. The molecule has 0 radical (unpaired) electrons. The standard InChI is InChI=1S/C54H81N3O10/c1-5-8-31-11-13-33-40(15-12-31)67-47-43(33)37(60)10-6-19-54(47,66)49(4,64)41-18-21-53(65)46-44(56-28-30(2)59)45(63)35-25-38(61)39(62)27-51(35)29-50(34-14-16-42(55)57-36(34)9-7-24-58)20-17-32(26-48(41,53)3)52(46,51)23-22-50/h14,16-17,20,22-23,30-33,35,37-43,47,56-62,64-66H,5-13,15,18-19,21,24-29,55H2,1-4H3. The first-order valence-corrected chi connectivity index (χ1v) is 26.3. The molecule has 372 valence electrons. The summed E-state index contributed by atoms with van der Waals surface area (Å²) < 4.78 is 7.04. The number of ether oxygens (including phenoxy) is 1. The van der Waals surface area contributed by atoms with E-state index >= 15 is 4.79 Å². The van der Waals surface area contributed by atoms with E-state index in [1.54, 1.807) is 13.8 Å². The largest absolute Gasteiger partial charge is 0.396 e. The number of nitrogens with two attached hydrogens (primary N) is 1. The number of aliphatic hydroxyl groups excluding tert-OH is 5. The monoisotopic (exact) mass is 932 g/mol. The highest BCUT2D eigenvalue weighted by Crippen LogP contribution is 2.80. The van der Waals surface area contributed by atoms with Crippen molar-refractivity contribution in [3.05, 3.63) is 59.0 Å². The van der Waals surface area contributed by atoms with E-state index in [2.05, 4.69) is 41.9 Å². The SMILES string of the molecule is CCCC1CCC2OC3C(C(O)CCCC3(O)C(C)(O)C3CCC4(O)C5=C(NCC(C)O)C(=O)C6CC(O)C(O)CC67CC6(C8=C(CCCO)NC(N)C=C8)C=CC(CC34C)C57C=C6)C2CC1. The molecule has 6 fully saturated rings. The van der Waals surface area contributed by atoms with Crippen molar-refractivity contribution in [3.63, 3.8) is 0 Å². The summed E-state index contributed by atoms with van der Waals surface area (Å²) in [5, 5.41) is 104. The third-order valence-corrected chi connectivity index (χ3v) is 20.7. The molecule has 0 aromatic carbocycles. The summed E-state index contributed by atoms with van der Waals surface area (Å²) in [7, 11) is 0. The fourth-order valence-corrected chi connectivity index (χ4v) is 17.7. The van der Waals surface area contributed by atoms with Crippen molar-refractivity contribution in [2.24, 2.45) is 62.9 Å². The lowest BCUT2D eigenvalue weighted by atomic mass is 9.33. The van der Waals surface area contributed by atoms with Gasteiger partial charge >= 0.3 is 0 Å². The van der Waals surface area contributed by atoms with E-state index in [1.165, 1.54) is 6.42 Å². The maximum atomic E-state index is 15.7. The second-order valence-electron chi connectivity index (χ2n) is 24.0. The van der Waals surface area contributed by atoms with E-state index in [4.69, 9.17) is 10.5 Å². The van der Waals surface area contributed by atoms with Crippen LogP contribution >= 0.6 is 0 Å². The molecule has 13 heteroatoms. The Bertz CT molecular complexity index is 2120. The molecule has 12 N–H and O–H groups in total. The van der Waals surface area contributed by atoms with Gasteiger partial charge in [0.05, 0.1) is 59.7 Å². The molecule has 0 amide bonds. The molecule has 1 saturated heterocycles. The van der Waals surface area contributed by atoms with E-state index in [9.17, 15) is 40.9 Å². The summed E-state index contributed by atoms with van der Waals surface area (Å²) in [5.74, 6) is -1.75. The summed E-state index contributed by atoms with van der Waals surface area (Å²) in [6, 6.07) is 0. The Balaban J connectivity index is 1.14. The topological polar surface area (TPSA) is 238 Å². The van der Waals surface area contributed by atoms with Gasteiger partial charge in [-0.3, -0.25) is 4.79 Å². The summed E-state index contributed by atoms with van der Waals surface area (Å²) in [6.45, 7) is 7.67. The second-order valence-corrected chi connectivity index (χ2v) is 24.0. The minimum Gasteiger partial charge on any atom is -0.396 e. The molecule has 67 heavy (non-hydrogen) atoms. The number of allylic oxidation sites excluding steroid dienone is 8. The predicted octanol–water partition coefficient (Wildman–Crippen LogP) is 4.07. The van der Waals surface area contributed by atoms with Crippen molar-refractivity contribution in [1.82, 2.24) is 10.6 Å². The Kier molecular flexibility index (Phi) is 12.1. The Labute approximate surface area is 397 Å². The fourth-order valence-electron chi connectivity index (χ4n) is 17.7. The van der Waals surface area contributed by atoms with Gasteiger partial charge < -0.3 is 62.0 Å². The Hall–Kier alpha value is -2.43. The molecule has 11 aliphatic rings. The number of fused-ring (bicyclic) bond motifs is 5. The lowest BCUT2D eigenvalue weighted by Gasteiger charge is -2.71. The normalized spacial score (nSPS) is 50.0. The molecule has 20 unspecified atom stereocenters. The smallest absolute Gasteiger partial charge is 0.182 e. The molecule has 13 nitrogen and oxygen atoms in total. The van der Waals surface area contributed by atoms with E-state index in [0.717, 1.165) is 43.4 Å². The van der Waals surface area contributed by atoms with Crippen molar-refractivity contribution in [1.29, 1.82) is 0 Å². The molecular weight excluding hydrogens is 851 g/mol. The first kappa shape index (κ1) is 48.2. The van der Waals surface area contributed by atoms with Crippen LogP contribution < -0.4 is 16.4 Å². The third-order valence-electron chi connectivity index (χ3n) is 20.7. The van der Waals surface area contributed by atoms with Gasteiger partial charge in [0, 0.05) is 46.9 Å². The molecule has 5 saturated carbocycles. The average molecular weight is 932 g/mol. The van der Waals surface area contributed by atoms with Crippen molar-refractivity contribution < 1.29 is 50.4 Å². The molecule has 0 aromatic rings. The maximum absolute atomic E-state index is 15.7. The van der Waals surface area contributed by atoms with Gasteiger partial charge in [-0.25, -0.2) is 0 Å². The van der Waals surface area contributed by atoms with Gasteiger partial charge in [-0.2, -0.15) is 0 Å². The quantitative estimate of drug-likeness (QED) is 0.131. The number of nitrogens with one attached hydrogen (secondary N) is 2. The van der Waals surface area contributed by atoms with Crippen molar-refractivity contribution in [2.75, 3.05) is 13.2 Å². The van der Waals surface area contributed by atoms with Crippen LogP contribution in [-0.4, -0.2) is 119 Å². The first-order chi connectivity index (χ1) is 31.8. The van der Waals surface area contributed by atoms with Crippen LogP contribution in [0.15, 0.2) is 59.0 Å². The van der Waals surface area contributed by atoms with Crippen molar-refractivity contribution >= 4 is 5.78 Å². The maximum Gasteiger partial charge on any atom is 0.182 e. The highest BCUT2D eigenvalue weighted by Gasteiger charge is 2.80. The van der Waals surface area contributed by atoms with E-state index in [0.29, 0.717) is 56.4 Å². The Morgan fingerprint density at radius 3 is 2.52 bits per heavy atom. The minimum absolute atomic E-state index is 0.00572.